The van der Waals surface area contributed by atoms with E-state index >= 15 is 0 Å². The summed E-state index contributed by atoms with van der Waals surface area (Å²) in [5.41, 5.74) is 2.85. The lowest BCUT2D eigenvalue weighted by molar-refractivity contribution is -0.123. The Morgan fingerprint density at radius 2 is 2.05 bits per heavy atom. The molecule has 1 N–H and O–H groups in total. The number of ether oxygens (including phenoxy) is 2. The molecule has 0 spiro atoms. The van der Waals surface area contributed by atoms with E-state index in [1.54, 1.807) is 14.0 Å². The van der Waals surface area contributed by atoms with Gasteiger partial charge in [-0.1, -0.05) is 22.5 Å². The van der Waals surface area contributed by atoms with Crippen LogP contribution in [0.1, 0.15) is 25.3 Å². The number of amides is 1. The van der Waals surface area contributed by atoms with E-state index in [1.165, 1.54) is 0 Å². The smallest absolute Gasteiger partial charge is 0.304 e. The van der Waals surface area contributed by atoms with E-state index in [-0.39, 0.29) is 11.1 Å². The third-order valence-electron chi connectivity index (χ3n) is 3.38. The van der Waals surface area contributed by atoms with Gasteiger partial charge in [-0.3, -0.25) is 4.79 Å². The fourth-order valence-electron chi connectivity index (χ4n) is 2.05. The van der Waals surface area contributed by atoms with Crippen LogP contribution in [0, 0.1) is 0 Å². The lowest BCUT2D eigenvalue weighted by atomic mass is 9.95. The third-order valence-corrected chi connectivity index (χ3v) is 3.58. The molecule has 2 rings (SSSR count). The van der Waals surface area contributed by atoms with Crippen molar-refractivity contribution >= 4 is 23.3 Å². The van der Waals surface area contributed by atoms with E-state index < -0.39 is 5.41 Å². The molecule has 0 heterocycles. The highest BCUT2D eigenvalue weighted by Crippen LogP contribution is 2.48. The Bertz CT molecular complexity index is 553. The summed E-state index contributed by atoms with van der Waals surface area (Å²) in [7, 11) is 1.61. The van der Waals surface area contributed by atoms with E-state index in [0.29, 0.717) is 6.61 Å². The lowest BCUT2D eigenvalue weighted by Gasteiger charge is -2.13. The standard InChI is InChI=1S/C14H17N3O3S/c1-3-20-13(21)16-17-15-12(18)14(8-9-14)10-4-6-11(19-2)7-5-10/h4-7H,3,8-9H2,1-2H3,(H,15,16,18,21). The average molecular weight is 307 g/mol. The van der Waals surface area contributed by atoms with Crippen LogP contribution in [0.15, 0.2) is 34.6 Å². The summed E-state index contributed by atoms with van der Waals surface area (Å²) in [5, 5.41) is 7.19. The number of methoxy groups -OCH3 is 1. The topological polar surface area (TPSA) is 72.3 Å². The van der Waals surface area contributed by atoms with Gasteiger partial charge in [-0.05, 0) is 49.7 Å². The summed E-state index contributed by atoms with van der Waals surface area (Å²) in [6.07, 6.45) is 1.58. The Morgan fingerprint density at radius 1 is 1.38 bits per heavy atom. The summed E-state index contributed by atoms with van der Waals surface area (Å²) >= 11 is 4.79. The van der Waals surface area contributed by atoms with Crippen LogP contribution in [0.3, 0.4) is 0 Å². The molecule has 0 aliphatic heterocycles. The molecule has 1 aliphatic carbocycles. The summed E-state index contributed by atoms with van der Waals surface area (Å²) in [6.45, 7) is 2.21. The molecule has 21 heavy (non-hydrogen) atoms. The molecular weight excluding hydrogens is 290 g/mol. The van der Waals surface area contributed by atoms with E-state index in [0.717, 1.165) is 24.2 Å². The first-order valence-corrected chi connectivity index (χ1v) is 7.05. The minimum atomic E-state index is -0.515. The summed E-state index contributed by atoms with van der Waals surface area (Å²) in [6, 6.07) is 7.48. The lowest BCUT2D eigenvalue weighted by Crippen LogP contribution is -2.31. The Labute approximate surface area is 128 Å². The van der Waals surface area contributed by atoms with Crippen molar-refractivity contribution in [3.63, 3.8) is 0 Å². The fraction of sp³-hybridized carbons (Fsp3) is 0.429. The van der Waals surface area contributed by atoms with Crippen LogP contribution in [0.2, 0.25) is 0 Å². The van der Waals surface area contributed by atoms with Crippen molar-refractivity contribution in [3.8, 4) is 5.75 Å². The van der Waals surface area contributed by atoms with Crippen LogP contribution in [0.4, 0.5) is 0 Å². The number of hydrogen-bond acceptors (Lipinski definition) is 5. The maximum Gasteiger partial charge on any atom is 0.304 e. The van der Waals surface area contributed by atoms with E-state index in [2.05, 4.69) is 15.8 Å². The SMILES string of the molecule is CCOC(=S)N=NNC(=O)C1(c2ccc(OC)cc2)CC1. The molecule has 6 nitrogen and oxygen atoms in total. The molecule has 0 atom stereocenters. The van der Waals surface area contributed by atoms with Gasteiger partial charge in [0, 0.05) is 0 Å². The Kier molecular flexibility index (Phi) is 4.85. The first-order chi connectivity index (χ1) is 10.1. The molecule has 1 aromatic rings. The van der Waals surface area contributed by atoms with Crippen LogP contribution < -0.4 is 10.2 Å². The summed E-state index contributed by atoms with van der Waals surface area (Å²) < 4.78 is 10.1. The number of carbonyl (C=O) groups is 1. The van der Waals surface area contributed by atoms with Gasteiger partial charge in [-0.25, -0.2) is 5.43 Å². The molecule has 112 valence electrons. The Balaban J connectivity index is 1.99. The zero-order valence-corrected chi connectivity index (χ0v) is 12.8. The normalized spacial score (nSPS) is 15.5. The Hall–Kier alpha value is -2.02. The number of nitrogens with one attached hydrogen (secondary N) is 1. The van der Waals surface area contributed by atoms with Gasteiger partial charge < -0.3 is 9.47 Å². The van der Waals surface area contributed by atoms with E-state index in [4.69, 9.17) is 21.7 Å². The second-order valence-corrected chi connectivity index (χ2v) is 5.00. The zero-order chi connectivity index (χ0) is 15.3. The van der Waals surface area contributed by atoms with Crippen molar-refractivity contribution in [3.05, 3.63) is 29.8 Å². The predicted molar refractivity (Wildman–Crippen MR) is 81.1 cm³/mol. The van der Waals surface area contributed by atoms with Gasteiger partial charge in [-0.15, -0.1) is 0 Å². The molecule has 7 heteroatoms. The van der Waals surface area contributed by atoms with Crippen molar-refractivity contribution in [2.75, 3.05) is 13.7 Å². The summed E-state index contributed by atoms with van der Waals surface area (Å²) in [4.78, 5) is 12.2. The van der Waals surface area contributed by atoms with Gasteiger partial charge in [0.1, 0.15) is 5.75 Å². The molecular formula is C14H17N3O3S. The molecule has 0 radical (unpaired) electrons. The molecule has 0 bridgehead atoms. The first-order valence-electron chi connectivity index (χ1n) is 6.65. The van der Waals surface area contributed by atoms with Gasteiger partial charge in [0.05, 0.1) is 19.1 Å². The van der Waals surface area contributed by atoms with E-state index in [1.807, 2.05) is 24.3 Å². The predicted octanol–water partition coefficient (Wildman–Crippen LogP) is 2.53. The highest BCUT2D eigenvalue weighted by molar-refractivity contribution is 7.80. The minimum Gasteiger partial charge on any atom is -0.497 e. The molecule has 1 aliphatic rings. The van der Waals surface area contributed by atoms with Crippen molar-refractivity contribution in [2.45, 2.75) is 25.2 Å². The number of rotatable bonds is 5. The minimum absolute atomic E-state index is 0.00657. The van der Waals surface area contributed by atoms with Crippen LogP contribution in [-0.2, 0) is 14.9 Å². The maximum atomic E-state index is 12.2. The number of hydrogen-bond donors (Lipinski definition) is 1. The molecule has 0 aromatic heterocycles. The van der Waals surface area contributed by atoms with Gasteiger partial charge in [-0.2, -0.15) is 0 Å². The second kappa shape index (κ2) is 6.62. The largest absolute Gasteiger partial charge is 0.497 e. The van der Waals surface area contributed by atoms with Gasteiger partial charge in [0.25, 0.3) is 5.91 Å². The van der Waals surface area contributed by atoms with E-state index in [9.17, 15) is 4.79 Å². The van der Waals surface area contributed by atoms with Crippen LogP contribution in [0.25, 0.3) is 0 Å². The second-order valence-electron chi connectivity index (χ2n) is 4.65. The van der Waals surface area contributed by atoms with Crippen molar-refractivity contribution in [2.24, 2.45) is 10.3 Å². The maximum absolute atomic E-state index is 12.2. The zero-order valence-electron chi connectivity index (χ0n) is 12.0. The van der Waals surface area contributed by atoms with Crippen molar-refractivity contribution < 1.29 is 14.3 Å². The number of nitrogens with zero attached hydrogens (tertiary/aromatic N) is 2. The number of benzene rings is 1. The molecule has 1 amide bonds. The monoisotopic (exact) mass is 307 g/mol. The number of thiocarbonyl (C=S) groups is 1. The van der Waals surface area contributed by atoms with Gasteiger partial charge >= 0.3 is 5.17 Å². The molecule has 0 unspecified atom stereocenters. The first kappa shape index (κ1) is 15.4. The van der Waals surface area contributed by atoms with Crippen LogP contribution in [-0.4, -0.2) is 24.8 Å². The summed E-state index contributed by atoms with van der Waals surface area (Å²) in [5.74, 6) is 0.576. The van der Waals surface area contributed by atoms with Crippen LogP contribution >= 0.6 is 12.2 Å². The average Bonchev–Trinajstić information content (AvgIpc) is 3.29. The van der Waals surface area contributed by atoms with Crippen molar-refractivity contribution in [1.29, 1.82) is 0 Å². The highest BCUT2D eigenvalue weighted by Gasteiger charge is 2.51. The number of carbonyl (C=O) groups excluding carboxylic acids is 1. The fourth-order valence-corrected chi connectivity index (χ4v) is 2.21. The molecule has 1 fully saturated rings. The Morgan fingerprint density at radius 3 is 2.57 bits per heavy atom. The highest BCUT2D eigenvalue weighted by atomic mass is 32.1. The van der Waals surface area contributed by atoms with Gasteiger partial charge in [0.15, 0.2) is 0 Å². The molecule has 1 saturated carbocycles. The van der Waals surface area contributed by atoms with Crippen LogP contribution in [0.5, 0.6) is 5.75 Å². The molecule has 0 saturated heterocycles. The third kappa shape index (κ3) is 3.55. The van der Waals surface area contributed by atoms with Gasteiger partial charge in [0.2, 0.25) is 0 Å². The molecule has 1 aromatic carbocycles. The quantitative estimate of drug-likeness (QED) is 0.515. The van der Waals surface area contributed by atoms with Crippen molar-refractivity contribution in [1.82, 2.24) is 5.43 Å².